The van der Waals surface area contributed by atoms with Crippen LogP contribution in [-0.2, 0) is 23.9 Å². The lowest BCUT2D eigenvalue weighted by Gasteiger charge is -2.20. The molecule has 1 rings (SSSR count). The first-order chi connectivity index (χ1) is 13.4. The summed E-state index contributed by atoms with van der Waals surface area (Å²) in [6, 6.07) is 0. The minimum atomic E-state index is -0.709. The summed E-state index contributed by atoms with van der Waals surface area (Å²) in [7, 11) is 2.75. The first-order valence-electron chi connectivity index (χ1n) is 10.3. The molecule has 0 radical (unpaired) electrons. The molecule has 0 aromatic rings. The topological polar surface area (TPSA) is 89.9 Å². The quantitative estimate of drug-likeness (QED) is 0.319. The molecular formula is C22H34O6. The van der Waals surface area contributed by atoms with Crippen molar-refractivity contribution in [1.29, 1.82) is 0 Å². The van der Waals surface area contributed by atoms with E-state index in [-0.39, 0.29) is 29.5 Å². The smallest absolute Gasteiger partial charge is 0.303 e. The molecular weight excluding hydrogens is 360 g/mol. The highest BCUT2D eigenvalue weighted by Crippen LogP contribution is 2.28. The maximum absolute atomic E-state index is 12.5. The van der Waals surface area contributed by atoms with E-state index in [9.17, 15) is 14.4 Å². The Labute approximate surface area is 168 Å². The Morgan fingerprint density at radius 1 is 0.750 bits per heavy atom. The van der Waals surface area contributed by atoms with Crippen LogP contribution in [0.3, 0.4) is 0 Å². The van der Waals surface area contributed by atoms with Crippen molar-refractivity contribution >= 4 is 17.5 Å². The van der Waals surface area contributed by atoms with Crippen molar-refractivity contribution in [2.75, 3.05) is 14.2 Å². The molecule has 0 amide bonds. The van der Waals surface area contributed by atoms with Crippen LogP contribution in [0.1, 0.15) is 84.0 Å². The molecule has 0 unspecified atom stereocenters. The molecule has 0 fully saturated rings. The molecule has 0 saturated heterocycles. The number of aliphatic carboxylic acids is 1. The minimum absolute atomic E-state index is 0.00305. The largest absolute Gasteiger partial charge is 0.489 e. The van der Waals surface area contributed by atoms with Gasteiger partial charge in [-0.1, -0.05) is 51.4 Å². The normalized spacial score (nSPS) is 14.7. The highest BCUT2D eigenvalue weighted by molar-refractivity contribution is 6.23. The van der Waals surface area contributed by atoms with Crippen LogP contribution in [0.5, 0.6) is 0 Å². The summed E-state index contributed by atoms with van der Waals surface area (Å²) >= 11 is 0. The number of rotatable bonds is 15. The van der Waals surface area contributed by atoms with Gasteiger partial charge in [0.15, 0.2) is 0 Å². The lowest BCUT2D eigenvalue weighted by molar-refractivity contribution is -0.137. The fourth-order valence-corrected chi connectivity index (χ4v) is 3.48. The molecule has 158 valence electrons. The van der Waals surface area contributed by atoms with Crippen LogP contribution in [0.4, 0.5) is 0 Å². The highest BCUT2D eigenvalue weighted by atomic mass is 16.5. The molecule has 0 bridgehead atoms. The van der Waals surface area contributed by atoms with E-state index < -0.39 is 5.97 Å². The summed E-state index contributed by atoms with van der Waals surface area (Å²) < 4.78 is 10.1. The number of unbranched alkanes of at least 4 members (excludes halogenated alkanes) is 9. The first kappa shape index (κ1) is 23.9. The second kappa shape index (κ2) is 13.1. The van der Waals surface area contributed by atoms with Gasteiger partial charge in [-0.3, -0.25) is 14.4 Å². The summed E-state index contributed by atoms with van der Waals surface area (Å²) in [6.45, 7) is 1.68. The van der Waals surface area contributed by atoms with Crippen molar-refractivity contribution in [1.82, 2.24) is 0 Å². The van der Waals surface area contributed by atoms with Gasteiger partial charge >= 0.3 is 5.97 Å². The molecule has 0 aromatic carbocycles. The van der Waals surface area contributed by atoms with Crippen LogP contribution in [-0.4, -0.2) is 36.9 Å². The third-order valence-electron chi connectivity index (χ3n) is 5.16. The van der Waals surface area contributed by atoms with Crippen molar-refractivity contribution in [2.45, 2.75) is 84.0 Å². The molecule has 0 aromatic heterocycles. The Morgan fingerprint density at radius 3 is 1.64 bits per heavy atom. The van der Waals surface area contributed by atoms with Crippen LogP contribution in [0, 0.1) is 0 Å². The van der Waals surface area contributed by atoms with Gasteiger partial charge in [0.1, 0.15) is 0 Å². The van der Waals surface area contributed by atoms with E-state index in [1.165, 1.54) is 27.1 Å². The number of carboxylic acids is 1. The molecule has 0 aliphatic heterocycles. The fourth-order valence-electron chi connectivity index (χ4n) is 3.48. The van der Waals surface area contributed by atoms with E-state index in [1.54, 1.807) is 6.92 Å². The van der Waals surface area contributed by atoms with Gasteiger partial charge < -0.3 is 14.6 Å². The van der Waals surface area contributed by atoms with Crippen molar-refractivity contribution < 1.29 is 29.0 Å². The SMILES string of the molecule is COC1=C(OC)C(=O)C(CCCCCCCCCCCCC(=O)O)=C(C)C1=O. The Balaban J connectivity index is 2.19. The summed E-state index contributed by atoms with van der Waals surface area (Å²) in [5.41, 5.74) is 1.01. The van der Waals surface area contributed by atoms with Crippen LogP contribution in [0.25, 0.3) is 0 Å². The Hall–Kier alpha value is -2.11. The standard InChI is InChI=1S/C22H34O6/c1-16-17(20(26)22(28-3)21(27-2)19(16)25)14-12-10-8-6-4-5-7-9-11-13-15-18(23)24/h4-15H2,1-3H3,(H,23,24). The molecule has 6 heteroatoms. The van der Waals surface area contributed by atoms with Gasteiger partial charge in [0, 0.05) is 17.6 Å². The predicted molar refractivity (Wildman–Crippen MR) is 107 cm³/mol. The number of carbonyl (C=O) groups excluding carboxylic acids is 2. The second-order valence-corrected chi connectivity index (χ2v) is 7.26. The van der Waals surface area contributed by atoms with E-state index in [2.05, 4.69) is 0 Å². The van der Waals surface area contributed by atoms with Crippen molar-refractivity contribution in [3.63, 3.8) is 0 Å². The van der Waals surface area contributed by atoms with E-state index in [4.69, 9.17) is 14.6 Å². The zero-order chi connectivity index (χ0) is 20.9. The number of ether oxygens (including phenoxy) is 2. The predicted octanol–water partition coefficient (Wildman–Crippen LogP) is 4.72. The summed E-state index contributed by atoms with van der Waals surface area (Å²) in [4.78, 5) is 35.3. The van der Waals surface area contributed by atoms with Crippen LogP contribution >= 0.6 is 0 Å². The van der Waals surface area contributed by atoms with Crippen molar-refractivity contribution in [3.8, 4) is 0 Å². The van der Waals surface area contributed by atoms with Gasteiger partial charge in [-0.05, 0) is 26.2 Å². The van der Waals surface area contributed by atoms with Gasteiger partial charge in [-0.15, -0.1) is 0 Å². The molecule has 1 N–H and O–H groups in total. The number of carbonyl (C=O) groups is 3. The zero-order valence-electron chi connectivity index (χ0n) is 17.5. The van der Waals surface area contributed by atoms with Crippen LogP contribution < -0.4 is 0 Å². The minimum Gasteiger partial charge on any atom is -0.489 e. The molecule has 0 atom stereocenters. The average molecular weight is 395 g/mol. The van der Waals surface area contributed by atoms with Crippen molar-refractivity contribution in [3.05, 3.63) is 22.7 Å². The van der Waals surface area contributed by atoms with Gasteiger partial charge in [-0.2, -0.15) is 0 Å². The molecule has 28 heavy (non-hydrogen) atoms. The number of hydrogen-bond acceptors (Lipinski definition) is 5. The number of ketones is 2. The number of hydrogen-bond donors (Lipinski definition) is 1. The van der Waals surface area contributed by atoms with Gasteiger partial charge in [-0.25, -0.2) is 0 Å². The highest BCUT2D eigenvalue weighted by Gasteiger charge is 2.34. The molecule has 6 nitrogen and oxygen atoms in total. The fraction of sp³-hybridized carbons (Fsp3) is 0.682. The molecule has 0 spiro atoms. The first-order valence-corrected chi connectivity index (χ1v) is 10.3. The van der Waals surface area contributed by atoms with Gasteiger partial charge in [0.05, 0.1) is 14.2 Å². The maximum atomic E-state index is 12.5. The average Bonchev–Trinajstić information content (AvgIpc) is 2.67. The number of methoxy groups -OCH3 is 2. The lowest BCUT2D eigenvalue weighted by atomic mass is 9.89. The van der Waals surface area contributed by atoms with E-state index in [0.29, 0.717) is 17.6 Å². The molecule has 1 aliphatic rings. The Morgan fingerprint density at radius 2 is 1.18 bits per heavy atom. The van der Waals surface area contributed by atoms with Gasteiger partial charge in [0.25, 0.3) is 0 Å². The lowest BCUT2D eigenvalue weighted by Crippen LogP contribution is -2.25. The van der Waals surface area contributed by atoms with Crippen LogP contribution in [0.15, 0.2) is 22.7 Å². The Kier molecular flexibility index (Phi) is 11.2. The summed E-state index contributed by atoms with van der Waals surface area (Å²) in [5, 5.41) is 8.58. The molecule has 0 heterocycles. The second-order valence-electron chi connectivity index (χ2n) is 7.26. The third-order valence-corrected chi connectivity index (χ3v) is 5.16. The maximum Gasteiger partial charge on any atom is 0.303 e. The van der Waals surface area contributed by atoms with E-state index in [1.807, 2.05) is 0 Å². The number of Topliss-reactive ketones (excluding diaryl/α,β-unsaturated/α-hetero) is 2. The number of allylic oxidation sites excluding steroid dienone is 2. The zero-order valence-corrected chi connectivity index (χ0v) is 17.5. The monoisotopic (exact) mass is 394 g/mol. The van der Waals surface area contributed by atoms with Gasteiger partial charge in [0.2, 0.25) is 23.1 Å². The van der Waals surface area contributed by atoms with Crippen molar-refractivity contribution in [2.24, 2.45) is 0 Å². The summed E-state index contributed by atoms with van der Waals surface area (Å²) in [6.07, 6.45) is 11.5. The molecule has 0 saturated carbocycles. The molecule has 1 aliphatic carbocycles. The van der Waals surface area contributed by atoms with E-state index >= 15 is 0 Å². The third kappa shape index (κ3) is 7.49. The summed E-state index contributed by atoms with van der Waals surface area (Å²) in [5.74, 6) is -1.20. The van der Waals surface area contributed by atoms with E-state index in [0.717, 1.165) is 51.4 Å². The van der Waals surface area contributed by atoms with Crippen LogP contribution in [0.2, 0.25) is 0 Å². The Bertz CT molecular complexity index is 615. The number of carboxylic acid groups (broad SMARTS) is 1.